The highest BCUT2D eigenvalue weighted by Gasteiger charge is 2.12. The van der Waals surface area contributed by atoms with Crippen molar-refractivity contribution in [2.75, 3.05) is 26.7 Å². The quantitative estimate of drug-likeness (QED) is 0.782. The molecule has 0 aromatic carbocycles. The van der Waals surface area contributed by atoms with Crippen molar-refractivity contribution in [3.63, 3.8) is 0 Å². The molecule has 1 aromatic heterocycles. The van der Waals surface area contributed by atoms with Crippen molar-refractivity contribution < 1.29 is 4.79 Å². The van der Waals surface area contributed by atoms with E-state index >= 15 is 0 Å². The summed E-state index contributed by atoms with van der Waals surface area (Å²) in [7, 11) is 2.07. The molecule has 1 rings (SSSR count). The van der Waals surface area contributed by atoms with Crippen LogP contribution >= 0.6 is 11.3 Å². The van der Waals surface area contributed by atoms with Gasteiger partial charge in [0, 0.05) is 24.7 Å². The Morgan fingerprint density at radius 3 is 3.00 bits per heavy atom. The van der Waals surface area contributed by atoms with E-state index in [9.17, 15) is 4.79 Å². The van der Waals surface area contributed by atoms with Gasteiger partial charge in [-0.3, -0.25) is 4.79 Å². The summed E-state index contributed by atoms with van der Waals surface area (Å²) in [6, 6.07) is 2.38. The zero-order chi connectivity index (χ0) is 15.0. The van der Waals surface area contributed by atoms with E-state index in [0.717, 1.165) is 18.5 Å². The third kappa shape index (κ3) is 4.97. The Bertz CT molecular complexity index is 487. The molecule has 4 nitrogen and oxygen atoms in total. The van der Waals surface area contributed by atoms with E-state index in [1.54, 1.807) is 0 Å². The van der Waals surface area contributed by atoms with Crippen molar-refractivity contribution in [2.24, 2.45) is 5.73 Å². The highest BCUT2D eigenvalue weighted by molar-refractivity contribution is 7.12. The van der Waals surface area contributed by atoms with Crippen LogP contribution in [0.1, 0.15) is 35.5 Å². The van der Waals surface area contributed by atoms with Gasteiger partial charge in [-0.25, -0.2) is 0 Å². The van der Waals surface area contributed by atoms with Gasteiger partial charge in [0.2, 0.25) is 0 Å². The summed E-state index contributed by atoms with van der Waals surface area (Å²) in [5.74, 6) is 5.65. The van der Waals surface area contributed by atoms with Gasteiger partial charge in [0.1, 0.15) is 4.88 Å². The number of carbonyl (C=O) groups is 1. The maximum absolute atomic E-state index is 12.1. The van der Waals surface area contributed by atoms with E-state index < -0.39 is 0 Å². The van der Waals surface area contributed by atoms with Crippen LogP contribution < -0.4 is 11.1 Å². The minimum atomic E-state index is -0.0566. The standard InChI is InChI=1S/C15H23N3OS/c1-4-12(2)18(3)10-9-17-15(19)14-13(6-5-8-16)7-11-20-14/h7,11-12H,4,8-10,16H2,1-3H3,(H,17,19). The number of hydrogen-bond donors (Lipinski definition) is 2. The SMILES string of the molecule is CCC(C)N(C)CCNC(=O)c1sccc1C#CCN. The van der Waals surface area contributed by atoms with Crippen LogP contribution in [0.3, 0.4) is 0 Å². The Labute approximate surface area is 125 Å². The minimum absolute atomic E-state index is 0.0566. The zero-order valence-corrected chi connectivity index (χ0v) is 13.2. The molecule has 0 saturated carbocycles. The first-order valence-electron chi connectivity index (χ1n) is 6.85. The van der Waals surface area contributed by atoms with Gasteiger partial charge in [-0.05, 0) is 31.8 Å². The van der Waals surface area contributed by atoms with Gasteiger partial charge in [0.05, 0.1) is 6.54 Å². The van der Waals surface area contributed by atoms with Crippen LogP contribution in [0, 0.1) is 11.8 Å². The fourth-order valence-electron chi connectivity index (χ4n) is 1.69. The molecule has 0 saturated heterocycles. The van der Waals surface area contributed by atoms with Gasteiger partial charge in [0.15, 0.2) is 0 Å². The number of thiophene rings is 1. The first kappa shape index (κ1) is 16.7. The molecule has 20 heavy (non-hydrogen) atoms. The van der Waals surface area contributed by atoms with E-state index in [0.29, 0.717) is 24.0 Å². The summed E-state index contributed by atoms with van der Waals surface area (Å²) < 4.78 is 0. The average molecular weight is 293 g/mol. The molecule has 1 heterocycles. The molecule has 1 atom stereocenters. The highest BCUT2D eigenvalue weighted by Crippen LogP contribution is 2.15. The molecule has 0 aliphatic carbocycles. The number of amides is 1. The molecule has 110 valence electrons. The number of likely N-dealkylation sites (N-methyl/N-ethyl adjacent to an activating group) is 1. The molecule has 0 aliphatic heterocycles. The number of nitrogens with two attached hydrogens (primary N) is 1. The molecule has 0 spiro atoms. The number of hydrogen-bond acceptors (Lipinski definition) is 4. The van der Waals surface area contributed by atoms with E-state index in [1.165, 1.54) is 11.3 Å². The van der Waals surface area contributed by atoms with Crippen LogP contribution in [0.25, 0.3) is 0 Å². The van der Waals surface area contributed by atoms with E-state index in [4.69, 9.17) is 5.73 Å². The second-order valence-corrected chi connectivity index (χ2v) is 5.58. The van der Waals surface area contributed by atoms with Gasteiger partial charge in [-0.1, -0.05) is 18.8 Å². The second kappa shape index (κ2) is 8.75. The van der Waals surface area contributed by atoms with Crippen LogP contribution in [0.15, 0.2) is 11.4 Å². The number of rotatable bonds is 6. The summed E-state index contributed by atoms with van der Waals surface area (Å²) in [6.07, 6.45) is 1.11. The largest absolute Gasteiger partial charge is 0.350 e. The molecule has 1 unspecified atom stereocenters. The molecule has 5 heteroatoms. The third-order valence-electron chi connectivity index (χ3n) is 3.29. The van der Waals surface area contributed by atoms with Crippen LogP contribution in [0.2, 0.25) is 0 Å². The van der Waals surface area contributed by atoms with Gasteiger partial charge in [0.25, 0.3) is 5.91 Å². The Morgan fingerprint density at radius 2 is 2.35 bits per heavy atom. The van der Waals surface area contributed by atoms with Crippen molar-refractivity contribution in [1.29, 1.82) is 0 Å². The summed E-state index contributed by atoms with van der Waals surface area (Å²) in [4.78, 5) is 15.0. The number of nitrogens with zero attached hydrogens (tertiary/aromatic N) is 1. The van der Waals surface area contributed by atoms with Gasteiger partial charge < -0.3 is 16.0 Å². The summed E-state index contributed by atoms with van der Waals surface area (Å²) >= 11 is 1.41. The van der Waals surface area contributed by atoms with Crippen LogP contribution in [0.4, 0.5) is 0 Å². The molecular formula is C15H23N3OS. The molecule has 1 amide bonds. The lowest BCUT2D eigenvalue weighted by atomic mass is 10.2. The lowest BCUT2D eigenvalue weighted by molar-refractivity contribution is 0.0951. The van der Waals surface area contributed by atoms with Gasteiger partial charge >= 0.3 is 0 Å². The summed E-state index contributed by atoms with van der Waals surface area (Å²) in [5.41, 5.74) is 6.11. The van der Waals surface area contributed by atoms with Crippen molar-refractivity contribution in [3.8, 4) is 11.8 Å². The first-order chi connectivity index (χ1) is 9.60. The maximum atomic E-state index is 12.1. The highest BCUT2D eigenvalue weighted by atomic mass is 32.1. The molecule has 3 N–H and O–H groups in total. The van der Waals surface area contributed by atoms with Crippen LogP contribution in [0.5, 0.6) is 0 Å². The van der Waals surface area contributed by atoms with Crippen molar-refractivity contribution in [2.45, 2.75) is 26.3 Å². The lowest BCUT2D eigenvalue weighted by Crippen LogP contribution is -2.37. The molecule has 0 aliphatic rings. The molecule has 0 fully saturated rings. The zero-order valence-electron chi connectivity index (χ0n) is 12.4. The Hall–Kier alpha value is -1.35. The molecule has 1 aromatic rings. The van der Waals surface area contributed by atoms with E-state index in [1.807, 2.05) is 11.4 Å². The fourth-order valence-corrected chi connectivity index (χ4v) is 2.45. The molecular weight excluding hydrogens is 270 g/mol. The number of carbonyl (C=O) groups excluding carboxylic acids is 1. The fraction of sp³-hybridized carbons (Fsp3) is 0.533. The van der Waals surface area contributed by atoms with Crippen molar-refractivity contribution in [1.82, 2.24) is 10.2 Å². The van der Waals surface area contributed by atoms with Crippen LogP contribution in [-0.2, 0) is 0 Å². The Kier molecular flexibility index (Phi) is 7.31. The average Bonchev–Trinajstić information content (AvgIpc) is 2.92. The van der Waals surface area contributed by atoms with Crippen molar-refractivity contribution >= 4 is 17.2 Å². The molecule has 0 radical (unpaired) electrons. The summed E-state index contributed by atoms with van der Waals surface area (Å²) in [5, 5.41) is 4.82. The second-order valence-electron chi connectivity index (χ2n) is 4.66. The van der Waals surface area contributed by atoms with Crippen molar-refractivity contribution in [3.05, 3.63) is 21.9 Å². The minimum Gasteiger partial charge on any atom is -0.350 e. The Balaban J connectivity index is 2.49. The van der Waals surface area contributed by atoms with Gasteiger partial charge in [-0.15, -0.1) is 11.3 Å². The monoisotopic (exact) mass is 293 g/mol. The first-order valence-corrected chi connectivity index (χ1v) is 7.73. The van der Waals surface area contributed by atoms with Gasteiger partial charge in [-0.2, -0.15) is 0 Å². The smallest absolute Gasteiger partial charge is 0.262 e. The predicted octanol–water partition coefficient (Wildman–Crippen LogP) is 1.52. The summed E-state index contributed by atoms with van der Waals surface area (Å²) in [6.45, 7) is 6.13. The Morgan fingerprint density at radius 1 is 1.60 bits per heavy atom. The van der Waals surface area contributed by atoms with E-state index in [2.05, 4.69) is 43.0 Å². The normalized spacial score (nSPS) is 11.8. The topological polar surface area (TPSA) is 58.4 Å². The van der Waals surface area contributed by atoms with E-state index in [-0.39, 0.29) is 5.91 Å². The maximum Gasteiger partial charge on any atom is 0.262 e. The molecule has 0 bridgehead atoms. The lowest BCUT2D eigenvalue weighted by Gasteiger charge is -2.23. The third-order valence-corrected chi connectivity index (χ3v) is 4.20. The van der Waals surface area contributed by atoms with Crippen LogP contribution in [-0.4, -0.2) is 43.5 Å². The number of nitrogens with one attached hydrogen (secondary N) is 1. The predicted molar refractivity (Wildman–Crippen MR) is 85.0 cm³/mol.